The summed E-state index contributed by atoms with van der Waals surface area (Å²) >= 11 is 0. The fourth-order valence-electron chi connectivity index (χ4n) is 3.04. The second-order valence-corrected chi connectivity index (χ2v) is 5.90. The number of carbonyl (C=O) groups excluding carboxylic acids is 1. The molecular weight excluding hydrogens is 264 g/mol. The highest BCUT2D eigenvalue weighted by molar-refractivity contribution is 5.76. The van der Waals surface area contributed by atoms with Gasteiger partial charge in [0.05, 0.1) is 6.10 Å². The molecule has 4 nitrogen and oxygen atoms in total. The predicted molar refractivity (Wildman–Crippen MR) is 82.8 cm³/mol. The minimum Gasteiger partial charge on any atom is -0.393 e. The predicted octanol–water partition coefficient (Wildman–Crippen LogP) is 2.56. The van der Waals surface area contributed by atoms with Crippen molar-refractivity contribution < 1.29 is 9.90 Å². The molecule has 2 atom stereocenters. The van der Waals surface area contributed by atoms with Gasteiger partial charge in [-0.3, -0.25) is 9.78 Å². The fraction of sp³-hybridized carbons (Fsp3) is 0.647. The maximum atomic E-state index is 12.3. The molecule has 1 N–H and O–H groups in total. The van der Waals surface area contributed by atoms with Gasteiger partial charge in [0, 0.05) is 31.4 Å². The molecular formula is C17H26N2O2. The third kappa shape index (κ3) is 4.81. The Morgan fingerprint density at radius 3 is 3.05 bits per heavy atom. The standard InChI is InChI=1S/C17H26N2O2/c1-2-15-12-16(20)9-11-19(15)17(21)8-4-3-6-14-7-5-10-18-13-14/h5,7,10,13,15-16,20H,2-4,6,8-9,11-12H2,1H3/t15-,16-/m0/s1. The number of aryl methyl sites for hydroxylation is 1. The van der Waals surface area contributed by atoms with Crippen molar-refractivity contribution >= 4 is 5.91 Å². The first kappa shape index (κ1) is 16.0. The van der Waals surface area contributed by atoms with Crippen molar-refractivity contribution in [2.24, 2.45) is 0 Å². The number of hydrogen-bond donors (Lipinski definition) is 1. The molecule has 2 rings (SSSR count). The van der Waals surface area contributed by atoms with Crippen LogP contribution in [0.4, 0.5) is 0 Å². The molecule has 4 heteroatoms. The molecule has 0 unspecified atom stereocenters. The molecule has 2 heterocycles. The van der Waals surface area contributed by atoms with Crippen LogP contribution in [-0.4, -0.2) is 39.6 Å². The van der Waals surface area contributed by atoms with Crippen LogP contribution < -0.4 is 0 Å². The summed E-state index contributed by atoms with van der Waals surface area (Å²) in [6, 6.07) is 4.25. The normalized spacial score (nSPS) is 22.3. The lowest BCUT2D eigenvalue weighted by Crippen LogP contribution is -2.47. The Morgan fingerprint density at radius 1 is 1.48 bits per heavy atom. The summed E-state index contributed by atoms with van der Waals surface area (Å²) in [5.74, 6) is 0.250. The Morgan fingerprint density at radius 2 is 2.33 bits per heavy atom. The average molecular weight is 290 g/mol. The minimum absolute atomic E-state index is 0.222. The van der Waals surface area contributed by atoms with Gasteiger partial charge in [-0.2, -0.15) is 0 Å². The number of aliphatic hydroxyl groups excluding tert-OH is 1. The topological polar surface area (TPSA) is 53.4 Å². The van der Waals surface area contributed by atoms with Crippen LogP contribution in [-0.2, 0) is 11.2 Å². The maximum Gasteiger partial charge on any atom is 0.222 e. The second-order valence-electron chi connectivity index (χ2n) is 5.90. The quantitative estimate of drug-likeness (QED) is 0.819. The molecule has 1 aromatic rings. The highest BCUT2D eigenvalue weighted by Gasteiger charge is 2.28. The maximum absolute atomic E-state index is 12.3. The molecule has 116 valence electrons. The highest BCUT2D eigenvalue weighted by atomic mass is 16.3. The van der Waals surface area contributed by atoms with E-state index < -0.39 is 0 Å². The largest absolute Gasteiger partial charge is 0.393 e. The van der Waals surface area contributed by atoms with E-state index in [2.05, 4.69) is 18.0 Å². The summed E-state index contributed by atoms with van der Waals surface area (Å²) in [5, 5.41) is 9.71. The van der Waals surface area contributed by atoms with Crippen LogP contribution >= 0.6 is 0 Å². The second kappa shape index (κ2) is 8.13. The summed E-state index contributed by atoms with van der Waals surface area (Å²) in [4.78, 5) is 18.4. The van der Waals surface area contributed by atoms with Gasteiger partial charge in [-0.25, -0.2) is 0 Å². The van der Waals surface area contributed by atoms with Crippen LogP contribution in [0.25, 0.3) is 0 Å². The van der Waals surface area contributed by atoms with Crippen LogP contribution in [0.2, 0.25) is 0 Å². The third-order valence-corrected chi connectivity index (χ3v) is 4.31. The van der Waals surface area contributed by atoms with Gasteiger partial charge in [-0.05, 0) is 50.2 Å². The monoisotopic (exact) mass is 290 g/mol. The van der Waals surface area contributed by atoms with Crippen molar-refractivity contribution in [1.82, 2.24) is 9.88 Å². The first-order valence-electron chi connectivity index (χ1n) is 8.07. The van der Waals surface area contributed by atoms with Gasteiger partial charge in [-0.15, -0.1) is 0 Å². The first-order chi connectivity index (χ1) is 10.2. The van der Waals surface area contributed by atoms with Gasteiger partial charge in [0.25, 0.3) is 0 Å². The van der Waals surface area contributed by atoms with Crippen molar-refractivity contribution in [3.63, 3.8) is 0 Å². The molecule has 0 radical (unpaired) electrons. The fourth-order valence-corrected chi connectivity index (χ4v) is 3.04. The van der Waals surface area contributed by atoms with Crippen LogP contribution in [0.15, 0.2) is 24.5 Å². The zero-order valence-electron chi connectivity index (χ0n) is 12.9. The number of piperidine rings is 1. The van der Waals surface area contributed by atoms with Crippen LogP contribution in [0.5, 0.6) is 0 Å². The van der Waals surface area contributed by atoms with Crippen molar-refractivity contribution in [3.8, 4) is 0 Å². The van der Waals surface area contributed by atoms with Crippen molar-refractivity contribution in [3.05, 3.63) is 30.1 Å². The smallest absolute Gasteiger partial charge is 0.222 e. The number of pyridine rings is 1. The molecule has 1 saturated heterocycles. The van der Waals surface area contributed by atoms with Crippen molar-refractivity contribution in [1.29, 1.82) is 0 Å². The van der Waals surface area contributed by atoms with E-state index in [0.717, 1.165) is 38.5 Å². The molecule has 1 amide bonds. The molecule has 1 aliphatic heterocycles. The molecule has 1 aliphatic rings. The Hall–Kier alpha value is -1.42. The lowest BCUT2D eigenvalue weighted by Gasteiger charge is -2.37. The molecule has 0 aromatic carbocycles. The summed E-state index contributed by atoms with van der Waals surface area (Å²) in [7, 11) is 0. The van der Waals surface area contributed by atoms with Crippen LogP contribution in [0.1, 0.15) is 51.0 Å². The van der Waals surface area contributed by atoms with Gasteiger partial charge >= 0.3 is 0 Å². The average Bonchev–Trinajstić information content (AvgIpc) is 2.52. The number of aliphatic hydroxyl groups is 1. The molecule has 1 aromatic heterocycles. The Balaban J connectivity index is 1.71. The number of carbonyl (C=O) groups is 1. The molecule has 0 spiro atoms. The zero-order chi connectivity index (χ0) is 15.1. The van der Waals surface area contributed by atoms with Gasteiger partial charge in [0.15, 0.2) is 0 Å². The van der Waals surface area contributed by atoms with E-state index >= 15 is 0 Å². The summed E-state index contributed by atoms with van der Waals surface area (Å²) in [6.45, 7) is 2.80. The van der Waals surface area contributed by atoms with Crippen molar-refractivity contribution in [2.75, 3.05) is 6.54 Å². The summed E-state index contributed by atoms with van der Waals surface area (Å²) in [6.07, 6.45) is 9.36. The number of likely N-dealkylation sites (tertiary alicyclic amines) is 1. The molecule has 0 aliphatic carbocycles. The van der Waals surface area contributed by atoms with E-state index in [1.165, 1.54) is 5.56 Å². The third-order valence-electron chi connectivity index (χ3n) is 4.31. The SMILES string of the molecule is CC[C@H]1C[C@@H](O)CCN1C(=O)CCCCc1cccnc1. The number of nitrogens with zero attached hydrogens (tertiary/aromatic N) is 2. The Kier molecular flexibility index (Phi) is 6.18. The van der Waals surface area contributed by atoms with E-state index in [9.17, 15) is 9.90 Å². The number of unbranched alkanes of at least 4 members (excludes halogenated alkanes) is 1. The highest BCUT2D eigenvalue weighted by Crippen LogP contribution is 2.21. The van der Waals surface area contributed by atoms with Crippen molar-refractivity contribution in [2.45, 2.75) is 64.0 Å². The lowest BCUT2D eigenvalue weighted by atomic mass is 9.96. The molecule has 21 heavy (non-hydrogen) atoms. The Labute approximate surface area is 127 Å². The molecule has 0 bridgehead atoms. The number of aromatic nitrogens is 1. The zero-order valence-corrected chi connectivity index (χ0v) is 12.9. The van der Waals surface area contributed by atoms with Gasteiger partial charge in [0.2, 0.25) is 5.91 Å². The lowest BCUT2D eigenvalue weighted by molar-refractivity contribution is -0.136. The summed E-state index contributed by atoms with van der Waals surface area (Å²) in [5.41, 5.74) is 1.23. The van der Waals surface area contributed by atoms with Gasteiger partial charge in [-0.1, -0.05) is 13.0 Å². The van der Waals surface area contributed by atoms with E-state index in [1.807, 2.05) is 17.2 Å². The van der Waals surface area contributed by atoms with Gasteiger partial charge in [0.1, 0.15) is 0 Å². The van der Waals surface area contributed by atoms with E-state index in [1.54, 1.807) is 6.20 Å². The molecule has 0 saturated carbocycles. The Bertz CT molecular complexity index is 436. The number of amides is 1. The van der Waals surface area contributed by atoms with Crippen LogP contribution in [0.3, 0.4) is 0 Å². The van der Waals surface area contributed by atoms with E-state index in [-0.39, 0.29) is 18.1 Å². The first-order valence-corrected chi connectivity index (χ1v) is 8.07. The van der Waals surface area contributed by atoms with E-state index in [4.69, 9.17) is 0 Å². The van der Waals surface area contributed by atoms with Gasteiger partial charge < -0.3 is 10.0 Å². The summed E-state index contributed by atoms with van der Waals surface area (Å²) < 4.78 is 0. The van der Waals surface area contributed by atoms with Crippen LogP contribution in [0, 0.1) is 0 Å². The number of hydrogen-bond acceptors (Lipinski definition) is 3. The van der Waals surface area contributed by atoms with E-state index in [0.29, 0.717) is 13.0 Å². The minimum atomic E-state index is -0.232. The molecule has 1 fully saturated rings. The number of rotatable bonds is 6.